The number of amides is 6. The second-order valence-corrected chi connectivity index (χ2v) is 15.9. The summed E-state index contributed by atoms with van der Waals surface area (Å²) >= 11 is 0. The van der Waals surface area contributed by atoms with Gasteiger partial charge in [-0.2, -0.15) is 0 Å². The molecule has 1 saturated heterocycles. The Kier molecular flexibility index (Phi) is 16.1. The standard InChI is InChI=1S/C42H56N6O10/c1-5-12-30(36(51)39(54)44-23-33(50)47-34(37(43)52)26-13-8-6-9-14-26)45-38(53)31-22-29(58-42(2,3)4)24-48(31)40(55)35(27-15-10-7-11-16-27)46-32(49)21-25-17-19-28(20-18-25)41(56)57/h6,8-9,13-14,17-20,27,29-31,34-35H,5,7,10-12,15-16,21-24H2,1-4H3,(H2,43,52)(H,44,54)(H,45,53)(H,46,49)(H,47,50)(H,56,57)/t29-,30?,31+,34+,35+/m1/s1. The normalized spacial score (nSPS) is 18.6. The molecule has 16 heteroatoms. The van der Waals surface area contributed by atoms with Crippen molar-refractivity contribution >= 4 is 47.2 Å². The van der Waals surface area contributed by atoms with Gasteiger partial charge >= 0.3 is 5.97 Å². The van der Waals surface area contributed by atoms with Gasteiger partial charge in [-0.25, -0.2) is 4.79 Å². The number of nitrogens with zero attached hydrogens (tertiary/aromatic N) is 1. The van der Waals surface area contributed by atoms with Crippen LogP contribution in [0, 0.1) is 5.92 Å². The van der Waals surface area contributed by atoms with Crippen LogP contribution in [-0.2, 0) is 44.7 Å². The molecular weight excluding hydrogens is 748 g/mol. The highest BCUT2D eigenvalue weighted by molar-refractivity contribution is 6.38. The molecule has 1 heterocycles. The Balaban J connectivity index is 1.49. The number of ketones is 1. The van der Waals surface area contributed by atoms with Crippen molar-refractivity contribution in [2.45, 2.75) is 121 Å². The summed E-state index contributed by atoms with van der Waals surface area (Å²) in [6, 6.07) is 9.65. The van der Waals surface area contributed by atoms with Gasteiger partial charge in [-0.15, -0.1) is 0 Å². The Morgan fingerprint density at radius 3 is 2.12 bits per heavy atom. The summed E-state index contributed by atoms with van der Waals surface area (Å²) in [7, 11) is 0. The molecule has 2 aliphatic rings. The zero-order valence-electron chi connectivity index (χ0n) is 33.6. The Bertz CT molecular complexity index is 1810. The van der Waals surface area contributed by atoms with Crippen molar-refractivity contribution in [1.82, 2.24) is 26.2 Å². The molecule has 5 atom stereocenters. The molecule has 7 N–H and O–H groups in total. The summed E-state index contributed by atoms with van der Waals surface area (Å²) in [6.07, 6.45) is 4.02. The zero-order chi connectivity index (χ0) is 42.6. The lowest BCUT2D eigenvalue weighted by atomic mass is 9.83. The van der Waals surface area contributed by atoms with E-state index in [4.69, 9.17) is 10.5 Å². The minimum absolute atomic E-state index is 0.0429. The van der Waals surface area contributed by atoms with E-state index in [9.17, 15) is 43.5 Å². The smallest absolute Gasteiger partial charge is 0.335 e. The second-order valence-electron chi connectivity index (χ2n) is 15.9. The van der Waals surface area contributed by atoms with E-state index >= 15 is 0 Å². The number of carboxylic acids is 1. The fourth-order valence-electron chi connectivity index (χ4n) is 7.48. The van der Waals surface area contributed by atoms with Crippen LogP contribution in [-0.4, -0.2) is 100 Å². The molecule has 0 spiro atoms. The Labute approximate surface area is 338 Å². The molecule has 1 saturated carbocycles. The Morgan fingerprint density at radius 2 is 1.53 bits per heavy atom. The van der Waals surface area contributed by atoms with Crippen LogP contribution in [0.5, 0.6) is 0 Å². The fraction of sp³-hybridized carbons (Fsp3) is 0.524. The van der Waals surface area contributed by atoms with Crippen molar-refractivity contribution in [3.05, 3.63) is 71.3 Å². The molecule has 0 aromatic heterocycles. The first kappa shape index (κ1) is 45.1. The number of hydrogen-bond donors (Lipinski definition) is 6. The summed E-state index contributed by atoms with van der Waals surface area (Å²) in [5, 5.41) is 19.6. The number of likely N-dealkylation sites (tertiary alicyclic amines) is 1. The van der Waals surface area contributed by atoms with Crippen molar-refractivity contribution in [2.24, 2.45) is 11.7 Å². The number of benzene rings is 2. The van der Waals surface area contributed by atoms with E-state index < -0.39 is 89.6 Å². The van der Waals surface area contributed by atoms with Gasteiger partial charge in [0.25, 0.3) is 5.91 Å². The quantitative estimate of drug-likeness (QED) is 0.120. The van der Waals surface area contributed by atoms with Crippen LogP contribution < -0.4 is 27.0 Å². The van der Waals surface area contributed by atoms with E-state index in [-0.39, 0.29) is 37.3 Å². The minimum atomic E-state index is -1.29. The van der Waals surface area contributed by atoms with E-state index in [0.29, 0.717) is 30.4 Å². The van der Waals surface area contributed by atoms with E-state index in [1.807, 2.05) is 20.8 Å². The number of nitrogens with two attached hydrogens (primary N) is 1. The van der Waals surface area contributed by atoms with Crippen LogP contribution in [0.15, 0.2) is 54.6 Å². The van der Waals surface area contributed by atoms with Crippen molar-refractivity contribution in [3.8, 4) is 0 Å². The maximum atomic E-state index is 14.6. The highest BCUT2D eigenvalue weighted by Crippen LogP contribution is 2.31. The first-order valence-electron chi connectivity index (χ1n) is 19.8. The van der Waals surface area contributed by atoms with Crippen LogP contribution in [0.4, 0.5) is 0 Å². The number of carbonyl (C=O) groups excluding carboxylic acids is 7. The lowest BCUT2D eigenvalue weighted by Crippen LogP contribution is -2.58. The predicted molar refractivity (Wildman–Crippen MR) is 212 cm³/mol. The third-order valence-electron chi connectivity index (χ3n) is 10.2. The maximum absolute atomic E-state index is 14.6. The average Bonchev–Trinajstić information content (AvgIpc) is 3.60. The van der Waals surface area contributed by atoms with Gasteiger partial charge in [0.15, 0.2) is 0 Å². The molecule has 6 amide bonds. The van der Waals surface area contributed by atoms with Crippen molar-refractivity contribution in [2.75, 3.05) is 13.1 Å². The molecule has 4 rings (SSSR count). The molecule has 2 aromatic rings. The number of aromatic carboxylic acids is 1. The summed E-state index contributed by atoms with van der Waals surface area (Å²) in [5.74, 6) is -6.59. The highest BCUT2D eigenvalue weighted by Gasteiger charge is 2.46. The lowest BCUT2D eigenvalue weighted by Gasteiger charge is -2.35. The maximum Gasteiger partial charge on any atom is 0.335 e. The lowest BCUT2D eigenvalue weighted by molar-refractivity contribution is -0.144. The van der Waals surface area contributed by atoms with Gasteiger partial charge in [-0.3, -0.25) is 33.6 Å². The number of rotatable bonds is 18. The SMILES string of the molecule is CCCC(NC(=O)[C@@H]1C[C@@H](OC(C)(C)C)CN1C(=O)[C@@H](NC(=O)Cc1ccc(C(=O)O)cc1)C1CCCCC1)C(=O)C(=O)NCC(=O)N[C@H](C(N)=O)c1ccccc1. The van der Waals surface area contributed by atoms with Crippen LogP contribution in [0.3, 0.4) is 0 Å². The van der Waals surface area contributed by atoms with Crippen LogP contribution >= 0.6 is 0 Å². The molecular formula is C42H56N6O10. The first-order chi connectivity index (χ1) is 27.5. The zero-order valence-corrected chi connectivity index (χ0v) is 33.6. The Morgan fingerprint density at radius 1 is 0.879 bits per heavy atom. The van der Waals surface area contributed by atoms with Gasteiger partial charge in [0.05, 0.1) is 36.3 Å². The van der Waals surface area contributed by atoms with E-state index in [1.54, 1.807) is 49.4 Å². The van der Waals surface area contributed by atoms with Crippen LogP contribution in [0.1, 0.15) is 107 Å². The molecule has 2 aromatic carbocycles. The topological polar surface area (TPSA) is 243 Å². The largest absolute Gasteiger partial charge is 0.478 e. The van der Waals surface area contributed by atoms with Gasteiger partial charge in [0.2, 0.25) is 35.3 Å². The number of primary amides is 1. The Hall–Kier alpha value is -5.64. The van der Waals surface area contributed by atoms with Crippen LogP contribution in [0.2, 0.25) is 0 Å². The molecule has 314 valence electrons. The number of carbonyl (C=O) groups is 8. The van der Waals surface area contributed by atoms with Gasteiger partial charge in [0.1, 0.15) is 18.1 Å². The van der Waals surface area contributed by atoms with Gasteiger partial charge in [0, 0.05) is 13.0 Å². The van der Waals surface area contributed by atoms with Crippen molar-refractivity contribution in [1.29, 1.82) is 0 Å². The molecule has 16 nitrogen and oxygen atoms in total. The number of nitrogens with one attached hydrogen (secondary N) is 4. The summed E-state index contributed by atoms with van der Waals surface area (Å²) in [6.45, 7) is 6.72. The molecule has 58 heavy (non-hydrogen) atoms. The van der Waals surface area contributed by atoms with E-state index in [0.717, 1.165) is 19.3 Å². The van der Waals surface area contributed by atoms with Gasteiger partial charge in [-0.05, 0) is 69.2 Å². The summed E-state index contributed by atoms with van der Waals surface area (Å²) in [4.78, 5) is 106. The van der Waals surface area contributed by atoms with Crippen molar-refractivity contribution < 1.29 is 48.2 Å². The third-order valence-corrected chi connectivity index (χ3v) is 10.2. The number of Topliss-reactive ketones (excluding diaryl/α,β-unsaturated/α-hetero) is 1. The van der Waals surface area contributed by atoms with Crippen LogP contribution in [0.25, 0.3) is 0 Å². The molecule has 1 aliphatic carbocycles. The predicted octanol–water partition coefficient (Wildman–Crippen LogP) is 2.09. The fourth-order valence-corrected chi connectivity index (χ4v) is 7.48. The second kappa shape index (κ2) is 20.7. The van der Waals surface area contributed by atoms with Gasteiger partial charge in [-0.1, -0.05) is 75.1 Å². The molecule has 1 aliphatic heterocycles. The molecule has 0 radical (unpaired) electrons. The summed E-state index contributed by atoms with van der Waals surface area (Å²) in [5.41, 5.74) is 5.93. The monoisotopic (exact) mass is 804 g/mol. The number of ether oxygens (including phenoxy) is 1. The minimum Gasteiger partial charge on any atom is -0.478 e. The van der Waals surface area contributed by atoms with Gasteiger partial charge < -0.3 is 41.7 Å². The average molecular weight is 805 g/mol. The molecule has 0 bridgehead atoms. The summed E-state index contributed by atoms with van der Waals surface area (Å²) < 4.78 is 6.23. The third kappa shape index (κ3) is 12.9. The molecule has 2 fully saturated rings. The number of carboxylic acid groups (broad SMARTS) is 1. The van der Waals surface area contributed by atoms with E-state index in [2.05, 4.69) is 21.3 Å². The highest BCUT2D eigenvalue weighted by atomic mass is 16.5. The van der Waals surface area contributed by atoms with E-state index in [1.165, 1.54) is 17.0 Å². The molecule has 1 unspecified atom stereocenters. The number of hydrogen-bond acceptors (Lipinski definition) is 9. The van der Waals surface area contributed by atoms with Crippen molar-refractivity contribution in [3.63, 3.8) is 0 Å². The first-order valence-corrected chi connectivity index (χ1v) is 19.8.